The van der Waals surface area contributed by atoms with Crippen LogP contribution >= 0.6 is 0 Å². The van der Waals surface area contributed by atoms with Crippen molar-refractivity contribution in [1.82, 2.24) is 5.32 Å². The van der Waals surface area contributed by atoms with Crippen LogP contribution in [0.5, 0.6) is 0 Å². The molecule has 0 unspecified atom stereocenters. The van der Waals surface area contributed by atoms with Gasteiger partial charge in [-0.3, -0.25) is 0 Å². The molecule has 0 amide bonds. The molecule has 1 heterocycles. The number of hydrogen-bond donors (Lipinski definition) is 1. The van der Waals surface area contributed by atoms with Crippen LogP contribution in [0.25, 0.3) is 0 Å². The number of piperidine rings is 1. The number of nitrogens with one attached hydrogen (secondary N) is 1. The first-order valence-electron chi connectivity index (χ1n) is 6.11. The van der Waals surface area contributed by atoms with Gasteiger partial charge < -0.3 is 5.32 Å². The topological polar surface area (TPSA) is 12.0 Å². The van der Waals surface area contributed by atoms with Crippen molar-refractivity contribution >= 4 is 0 Å². The first-order valence-corrected chi connectivity index (χ1v) is 6.11. The lowest BCUT2D eigenvalue weighted by Gasteiger charge is -2.52. The van der Waals surface area contributed by atoms with Gasteiger partial charge in [0.05, 0.1) is 0 Å². The fourth-order valence-corrected chi connectivity index (χ4v) is 3.75. The van der Waals surface area contributed by atoms with E-state index < -0.39 is 0 Å². The second-order valence-corrected chi connectivity index (χ2v) is 5.59. The van der Waals surface area contributed by atoms with Crippen LogP contribution in [-0.4, -0.2) is 12.6 Å². The van der Waals surface area contributed by atoms with Crippen LogP contribution in [0.2, 0.25) is 0 Å². The molecule has 1 nitrogen and oxygen atoms in total. The van der Waals surface area contributed by atoms with E-state index in [-0.39, 0.29) is 0 Å². The normalized spacial score (nSPS) is 42.5. The molecule has 0 aromatic rings. The molecule has 1 N–H and O–H groups in total. The van der Waals surface area contributed by atoms with Crippen molar-refractivity contribution in [2.24, 2.45) is 11.3 Å². The van der Waals surface area contributed by atoms with Crippen LogP contribution in [0.3, 0.4) is 0 Å². The van der Waals surface area contributed by atoms with Gasteiger partial charge in [-0.05, 0) is 43.4 Å². The van der Waals surface area contributed by atoms with Crippen LogP contribution in [0.1, 0.15) is 51.4 Å². The van der Waals surface area contributed by atoms with Crippen molar-refractivity contribution in [2.75, 3.05) is 6.54 Å². The monoisotopic (exact) mass is 179 g/mol. The van der Waals surface area contributed by atoms with Crippen LogP contribution in [0, 0.1) is 11.3 Å². The summed E-state index contributed by atoms with van der Waals surface area (Å²) in [6.07, 6.45) is 12.0. The molecule has 3 aliphatic rings. The first-order chi connectivity index (χ1) is 6.38. The van der Waals surface area contributed by atoms with Gasteiger partial charge in [-0.1, -0.05) is 19.3 Å². The SMILES string of the molecule is C1CC[C@H]2NCC3(CCC3)C[C@H]2C1. The standard InChI is InChI=1S/C12H21N/c1-2-5-11-10(4-1)8-12(9-13-11)6-3-7-12/h10-11,13H,1-9H2/t10-,11-/m1/s1. The lowest BCUT2D eigenvalue weighted by atomic mass is 9.59. The summed E-state index contributed by atoms with van der Waals surface area (Å²) < 4.78 is 0. The Kier molecular flexibility index (Phi) is 1.90. The van der Waals surface area contributed by atoms with E-state index in [1.165, 1.54) is 51.5 Å². The van der Waals surface area contributed by atoms with Crippen molar-refractivity contribution < 1.29 is 0 Å². The maximum Gasteiger partial charge on any atom is 0.00957 e. The molecular weight excluding hydrogens is 158 g/mol. The van der Waals surface area contributed by atoms with Gasteiger partial charge >= 0.3 is 0 Å². The van der Waals surface area contributed by atoms with Gasteiger partial charge in [0.15, 0.2) is 0 Å². The molecule has 1 saturated heterocycles. The van der Waals surface area contributed by atoms with Crippen molar-refractivity contribution in [3.8, 4) is 0 Å². The Labute approximate surface area is 81.3 Å². The second-order valence-electron chi connectivity index (χ2n) is 5.59. The summed E-state index contributed by atoms with van der Waals surface area (Å²) in [7, 11) is 0. The lowest BCUT2D eigenvalue weighted by molar-refractivity contribution is 0.0248. The Morgan fingerprint density at radius 1 is 1.00 bits per heavy atom. The fourth-order valence-electron chi connectivity index (χ4n) is 3.75. The van der Waals surface area contributed by atoms with Gasteiger partial charge in [0.25, 0.3) is 0 Å². The highest BCUT2D eigenvalue weighted by molar-refractivity contribution is 4.99. The molecule has 0 radical (unpaired) electrons. The number of fused-ring (bicyclic) bond motifs is 1. The summed E-state index contributed by atoms with van der Waals surface area (Å²) in [5.74, 6) is 1.04. The van der Waals surface area contributed by atoms with E-state index in [9.17, 15) is 0 Å². The number of rotatable bonds is 0. The zero-order valence-corrected chi connectivity index (χ0v) is 8.52. The van der Waals surface area contributed by atoms with Crippen molar-refractivity contribution in [2.45, 2.75) is 57.4 Å². The Morgan fingerprint density at radius 2 is 1.85 bits per heavy atom. The zero-order chi connectivity index (χ0) is 8.73. The summed E-state index contributed by atoms with van der Waals surface area (Å²) in [5.41, 5.74) is 0.776. The van der Waals surface area contributed by atoms with Gasteiger partial charge in [0, 0.05) is 12.6 Å². The molecule has 13 heavy (non-hydrogen) atoms. The van der Waals surface area contributed by atoms with Crippen LogP contribution in [0.4, 0.5) is 0 Å². The third-order valence-corrected chi connectivity index (χ3v) is 4.76. The third-order valence-electron chi connectivity index (χ3n) is 4.76. The first kappa shape index (κ1) is 8.28. The van der Waals surface area contributed by atoms with Gasteiger partial charge in [-0.25, -0.2) is 0 Å². The molecule has 1 spiro atoms. The maximum atomic E-state index is 3.81. The van der Waals surface area contributed by atoms with Crippen molar-refractivity contribution in [3.05, 3.63) is 0 Å². The summed E-state index contributed by atoms with van der Waals surface area (Å²) >= 11 is 0. The van der Waals surface area contributed by atoms with E-state index in [0.29, 0.717) is 0 Å². The highest BCUT2D eigenvalue weighted by Gasteiger charge is 2.44. The van der Waals surface area contributed by atoms with E-state index in [0.717, 1.165) is 17.4 Å². The number of hydrogen-bond acceptors (Lipinski definition) is 1. The molecule has 2 aliphatic carbocycles. The molecule has 3 rings (SSSR count). The third kappa shape index (κ3) is 1.32. The van der Waals surface area contributed by atoms with Gasteiger partial charge in [-0.15, -0.1) is 0 Å². The van der Waals surface area contributed by atoms with E-state index in [2.05, 4.69) is 5.32 Å². The molecule has 1 heteroatoms. The Morgan fingerprint density at radius 3 is 2.62 bits per heavy atom. The summed E-state index contributed by atoms with van der Waals surface area (Å²) in [6, 6.07) is 0.903. The molecule has 2 saturated carbocycles. The predicted octanol–water partition coefficient (Wildman–Crippen LogP) is 2.71. The van der Waals surface area contributed by atoms with Crippen LogP contribution < -0.4 is 5.32 Å². The molecule has 0 bridgehead atoms. The minimum atomic E-state index is 0.776. The van der Waals surface area contributed by atoms with Crippen molar-refractivity contribution in [1.29, 1.82) is 0 Å². The van der Waals surface area contributed by atoms with Gasteiger partial charge in [0.2, 0.25) is 0 Å². The summed E-state index contributed by atoms with van der Waals surface area (Å²) in [6.45, 7) is 1.34. The smallest absolute Gasteiger partial charge is 0.00957 e. The maximum absolute atomic E-state index is 3.81. The quantitative estimate of drug-likeness (QED) is 0.603. The molecule has 0 aromatic heterocycles. The molecule has 1 aliphatic heterocycles. The van der Waals surface area contributed by atoms with E-state index in [1.54, 1.807) is 6.42 Å². The Hall–Kier alpha value is -0.0400. The average Bonchev–Trinajstić information content (AvgIpc) is 2.15. The van der Waals surface area contributed by atoms with Gasteiger partial charge in [-0.2, -0.15) is 0 Å². The molecule has 3 fully saturated rings. The van der Waals surface area contributed by atoms with Crippen molar-refractivity contribution in [3.63, 3.8) is 0 Å². The highest BCUT2D eigenvalue weighted by Crippen LogP contribution is 2.50. The lowest BCUT2D eigenvalue weighted by Crippen LogP contribution is -2.54. The van der Waals surface area contributed by atoms with E-state index >= 15 is 0 Å². The molecular formula is C12H21N. The highest BCUT2D eigenvalue weighted by atomic mass is 15.0. The zero-order valence-electron chi connectivity index (χ0n) is 8.52. The fraction of sp³-hybridized carbons (Fsp3) is 1.00. The Bertz CT molecular complexity index is 195. The minimum absolute atomic E-state index is 0.776. The second kappa shape index (κ2) is 2.98. The molecule has 74 valence electrons. The molecule has 2 atom stereocenters. The van der Waals surface area contributed by atoms with Crippen LogP contribution in [0.15, 0.2) is 0 Å². The van der Waals surface area contributed by atoms with Crippen LogP contribution in [-0.2, 0) is 0 Å². The summed E-state index contributed by atoms with van der Waals surface area (Å²) in [5, 5.41) is 3.81. The average molecular weight is 179 g/mol. The van der Waals surface area contributed by atoms with E-state index in [4.69, 9.17) is 0 Å². The largest absolute Gasteiger partial charge is 0.313 e. The summed E-state index contributed by atoms with van der Waals surface area (Å²) in [4.78, 5) is 0. The van der Waals surface area contributed by atoms with Gasteiger partial charge in [0.1, 0.15) is 0 Å². The molecule has 0 aromatic carbocycles. The predicted molar refractivity (Wildman–Crippen MR) is 54.6 cm³/mol. The minimum Gasteiger partial charge on any atom is -0.313 e. The van der Waals surface area contributed by atoms with E-state index in [1.807, 2.05) is 0 Å². The Balaban J connectivity index is 1.69.